The predicted octanol–water partition coefficient (Wildman–Crippen LogP) is 2.04. The van der Waals surface area contributed by atoms with Crippen LogP contribution in [0.5, 0.6) is 5.75 Å². The number of methoxy groups -OCH3 is 1. The van der Waals surface area contributed by atoms with Crippen LogP contribution in [0.2, 0.25) is 0 Å². The molecule has 1 aromatic heterocycles. The number of carbonyl (C=O) groups is 2. The van der Waals surface area contributed by atoms with Gasteiger partial charge in [-0.1, -0.05) is 6.07 Å². The van der Waals surface area contributed by atoms with Gasteiger partial charge in [-0.05, 0) is 49.8 Å². The third-order valence-electron chi connectivity index (χ3n) is 6.12. The van der Waals surface area contributed by atoms with Gasteiger partial charge in [0.25, 0.3) is 6.47 Å². The molecule has 2 aromatic rings. The van der Waals surface area contributed by atoms with Crippen molar-refractivity contribution in [2.45, 2.75) is 45.1 Å². The molecule has 4 atom stereocenters. The topological polar surface area (TPSA) is 114 Å². The van der Waals surface area contributed by atoms with E-state index in [-0.39, 0.29) is 12.6 Å². The van der Waals surface area contributed by atoms with E-state index >= 15 is 0 Å². The van der Waals surface area contributed by atoms with Gasteiger partial charge in [0.1, 0.15) is 11.9 Å². The van der Waals surface area contributed by atoms with E-state index in [0.29, 0.717) is 23.1 Å². The van der Waals surface area contributed by atoms with Crippen LogP contribution in [0, 0.1) is 11.8 Å². The first-order valence-corrected chi connectivity index (χ1v) is 10.8. The number of likely N-dealkylation sites (tertiary alicyclic amines) is 1. The number of benzene rings is 1. The van der Waals surface area contributed by atoms with Crippen LogP contribution in [0.1, 0.15) is 35.7 Å². The fourth-order valence-electron chi connectivity index (χ4n) is 4.65. The van der Waals surface area contributed by atoms with Crippen LogP contribution in [-0.4, -0.2) is 69.7 Å². The minimum atomic E-state index is -0.499. The van der Waals surface area contributed by atoms with Crippen LogP contribution in [0.25, 0.3) is 0 Å². The molecule has 0 spiro atoms. The van der Waals surface area contributed by atoms with E-state index in [2.05, 4.69) is 23.1 Å². The van der Waals surface area contributed by atoms with E-state index in [1.165, 1.54) is 12.7 Å². The summed E-state index contributed by atoms with van der Waals surface area (Å²) >= 11 is 0. The van der Waals surface area contributed by atoms with Gasteiger partial charge in [-0.25, -0.2) is 4.79 Å². The zero-order chi connectivity index (χ0) is 23.1. The number of aliphatic hydroxyl groups is 1. The maximum absolute atomic E-state index is 11.7. The molecule has 1 aromatic carbocycles. The number of carbonyl (C=O) groups excluding carboxylic acids is 1. The molecule has 0 unspecified atom stereocenters. The molecule has 2 N–H and O–H groups in total. The molecule has 4 rings (SSSR count). The van der Waals surface area contributed by atoms with Gasteiger partial charge in [0.05, 0.1) is 25.0 Å². The lowest BCUT2D eigenvalue weighted by molar-refractivity contribution is -0.122. The molecule has 32 heavy (non-hydrogen) atoms. The molecule has 0 radical (unpaired) electrons. The van der Waals surface area contributed by atoms with Crippen molar-refractivity contribution in [2.24, 2.45) is 11.8 Å². The number of esters is 1. The first kappa shape index (κ1) is 23.7. The van der Waals surface area contributed by atoms with Gasteiger partial charge in [0.2, 0.25) is 0 Å². The Hall–Kier alpha value is -2.91. The summed E-state index contributed by atoms with van der Waals surface area (Å²) in [5.74, 6) is 1.20. The number of hydrogen-bond donors (Lipinski definition) is 2. The summed E-state index contributed by atoms with van der Waals surface area (Å²) in [5.41, 5.74) is 1.69. The largest absolute Gasteiger partial charge is 0.488 e. The zero-order valence-electron chi connectivity index (χ0n) is 18.5. The summed E-state index contributed by atoms with van der Waals surface area (Å²) in [7, 11) is 1.36. The fourth-order valence-corrected chi connectivity index (χ4v) is 4.65. The molecule has 2 aliphatic rings. The van der Waals surface area contributed by atoms with Crippen molar-refractivity contribution in [1.29, 1.82) is 0 Å². The first-order valence-electron chi connectivity index (χ1n) is 10.8. The molecule has 174 valence electrons. The fraction of sp³-hybridized carbons (Fsp3) is 0.522. The number of rotatable bonds is 6. The molecule has 1 saturated heterocycles. The smallest absolute Gasteiger partial charge is 0.337 e. The first-order chi connectivity index (χ1) is 15.5. The van der Waals surface area contributed by atoms with Gasteiger partial charge in [0, 0.05) is 37.9 Å². The van der Waals surface area contributed by atoms with E-state index < -0.39 is 12.1 Å². The number of aromatic nitrogens is 2. The SMILES string of the molecule is CCn1cc(CN2C[C@H]3C[C@@H](Oc4cccc(C(=O)OC)c4)[C@H](O)C[C@H]3C2)cn1.O=CO. The summed E-state index contributed by atoms with van der Waals surface area (Å²) in [5, 5.41) is 21.9. The van der Waals surface area contributed by atoms with Gasteiger partial charge in [0.15, 0.2) is 0 Å². The van der Waals surface area contributed by atoms with Gasteiger partial charge >= 0.3 is 5.97 Å². The second kappa shape index (κ2) is 11.1. The number of carboxylic acid groups (broad SMARTS) is 1. The molecule has 0 bridgehead atoms. The van der Waals surface area contributed by atoms with Crippen molar-refractivity contribution >= 4 is 12.4 Å². The lowest BCUT2D eigenvalue weighted by Gasteiger charge is -2.35. The summed E-state index contributed by atoms with van der Waals surface area (Å²) in [6.07, 6.45) is 4.86. The minimum absolute atomic E-state index is 0.250. The van der Waals surface area contributed by atoms with Crippen LogP contribution in [0.15, 0.2) is 36.7 Å². The molecule has 2 heterocycles. The molecule has 9 heteroatoms. The molecule has 1 aliphatic heterocycles. The molecule has 2 fully saturated rings. The van der Waals surface area contributed by atoms with Crippen molar-refractivity contribution in [2.75, 3.05) is 20.2 Å². The van der Waals surface area contributed by atoms with E-state index in [1.54, 1.807) is 18.2 Å². The van der Waals surface area contributed by atoms with Gasteiger partial charge in [-0.15, -0.1) is 0 Å². The van der Waals surface area contributed by atoms with Crippen LogP contribution >= 0.6 is 0 Å². The Balaban J connectivity index is 0.000000913. The van der Waals surface area contributed by atoms with Gasteiger partial charge in [-0.3, -0.25) is 14.4 Å². The maximum atomic E-state index is 11.7. The van der Waals surface area contributed by atoms with Gasteiger partial charge < -0.3 is 19.7 Å². The average molecular weight is 446 g/mol. The number of hydrogen-bond acceptors (Lipinski definition) is 7. The second-order valence-corrected chi connectivity index (χ2v) is 8.24. The zero-order valence-corrected chi connectivity index (χ0v) is 18.5. The maximum Gasteiger partial charge on any atom is 0.337 e. The lowest BCUT2D eigenvalue weighted by Crippen LogP contribution is -2.42. The van der Waals surface area contributed by atoms with Crippen molar-refractivity contribution in [3.63, 3.8) is 0 Å². The van der Waals surface area contributed by atoms with Crippen molar-refractivity contribution in [3.8, 4) is 5.75 Å². The Morgan fingerprint density at radius 3 is 2.66 bits per heavy atom. The molecule has 1 aliphatic carbocycles. The molecule has 9 nitrogen and oxygen atoms in total. The Bertz CT molecular complexity index is 901. The molecule has 1 saturated carbocycles. The number of fused-ring (bicyclic) bond motifs is 1. The van der Waals surface area contributed by atoms with E-state index in [4.69, 9.17) is 19.4 Å². The number of nitrogens with zero attached hydrogens (tertiary/aromatic N) is 3. The molecular formula is C23H31N3O6. The second-order valence-electron chi connectivity index (χ2n) is 8.24. The summed E-state index contributed by atoms with van der Waals surface area (Å²) in [4.78, 5) is 22.6. The standard InChI is InChI=1S/C22H29N3O4.CH2O2/c1-3-25-12-15(10-23-25)11-24-13-17-8-20(26)21(9-18(17)14-24)29-19-6-4-5-16(7-19)22(27)28-2;2-1-3/h4-7,10,12,17-18,20-21,26H,3,8-9,11,13-14H2,1-2H3;1H,(H,2,3)/t17-,18+,20+,21+;/m0./s1. The van der Waals surface area contributed by atoms with Crippen LogP contribution in [0.3, 0.4) is 0 Å². The average Bonchev–Trinajstić information content (AvgIpc) is 3.40. The Morgan fingerprint density at radius 2 is 2.00 bits per heavy atom. The van der Waals surface area contributed by atoms with E-state index in [1.807, 2.05) is 16.9 Å². The van der Waals surface area contributed by atoms with E-state index in [0.717, 1.165) is 39.0 Å². The Labute approximate surface area is 187 Å². The Kier molecular flexibility index (Phi) is 8.24. The van der Waals surface area contributed by atoms with Crippen LogP contribution in [0.4, 0.5) is 0 Å². The normalized spacial score (nSPS) is 24.7. The highest BCUT2D eigenvalue weighted by atomic mass is 16.5. The Morgan fingerprint density at radius 1 is 1.28 bits per heavy atom. The summed E-state index contributed by atoms with van der Waals surface area (Å²) in [6.45, 7) is 5.63. The molecular weight excluding hydrogens is 414 g/mol. The van der Waals surface area contributed by atoms with Gasteiger partial charge in [-0.2, -0.15) is 5.10 Å². The monoisotopic (exact) mass is 445 g/mol. The highest BCUT2D eigenvalue weighted by molar-refractivity contribution is 5.89. The quantitative estimate of drug-likeness (QED) is 0.513. The third kappa shape index (κ3) is 5.86. The van der Waals surface area contributed by atoms with Crippen LogP contribution < -0.4 is 4.74 Å². The summed E-state index contributed by atoms with van der Waals surface area (Å²) in [6, 6.07) is 6.96. The van der Waals surface area contributed by atoms with Crippen molar-refractivity contribution in [3.05, 3.63) is 47.8 Å². The predicted molar refractivity (Wildman–Crippen MR) is 116 cm³/mol. The van der Waals surface area contributed by atoms with E-state index in [9.17, 15) is 9.90 Å². The number of aryl methyl sites for hydroxylation is 1. The summed E-state index contributed by atoms with van der Waals surface area (Å²) < 4.78 is 12.8. The highest BCUT2D eigenvalue weighted by Gasteiger charge is 2.42. The van der Waals surface area contributed by atoms with Crippen molar-refractivity contribution < 1.29 is 29.3 Å². The number of ether oxygens (including phenoxy) is 2. The van der Waals surface area contributed by atoms with Crippen LogP contribution in [-0.2, 0) is 22.6 Å². The third-order valence-corrected chi connectivity index (χ3v) is 6.12. The molecule has 0 amide bonds. The van der Waals surface area contributed by atoms with Crippen molar-refractivity contribution in [1.82, 2.24) is 14.7 Å². The lowest BCUT2D eigenvalue weighted by atomic mass is 9.78. The number of aliphatic hydroxyl groups excluding tert-OH is 1. The highest BCUT2D eigenvalue weighted by Crippen LogP contribution is 2.38. The minimum Gasteiger partial charge on any atom is -0.488 e.